The highest BCUT2D eigenvalue weighted by Crippen LogP contribution is 2.52. The van der Waals surface area contributed by atoms with Gasteiger partial charge in [-0.1, -0.05) is 30.4 Å². The Morgan fingerprint density at radius 2 is 1.81 bits per heavy atom. The van der Waals surface area contributed by atoms with Crippen LogP contribution in [0.5, 0.6) is 0 Å². The summed E-state index contributed by atoms with van der Waals surface area (Å²) in [5, 5.41) is 6.18. The van der Waals surface area contributed by atoms with E-state index in [4.69, 9.17) is 0 Å². The van der Waals surface area contributed by atoms with Gasteiger partial charge in [-0.25, -0.2) is 0 Å². The van der Waals surface area contributed by atoms with Gasteiger partial charge in [-0.2, -0.15) is 0 Å². The zero-order valence-corrected chi connectivity index (χ0v) is 18.3. The van der Waals surface area contributed by atoms with Gasteiger partial charge in [0, 0.05) is 32.4 Å². The summed E-state index contributed by atoms with van der Waals surface area (Å²) >= 11 is 0. The van der Waals surface area contributed by atoms with E-state index >= 15 is 0 Å². The number of anilines is 1. The Morgan fingerprint density at radius 3 is 2.53 bits per heavy atom. The van der Waals surface area contributed by atoms with E-state index in [2.05, 4.69) is 33.8 Å². The molecule has 2 fully saturated rings. The fourth-order valence-electron chi connectivity index (χ4n) is 5.74. The van der Waals surface area contributed by atoms with Crippen LogP contribution in [0.4, 0.5) is 5.69 Å². The number of carbonyl (C=O) groups excluding carboxylic acids is 3. The highest BCUT2D eigenvalue weighted by atomic mass is 16.2. The van der Waals surface area contributed by atoms with Gasteiger partial charge in [-0.15, -0.1) is 0 Å². The zero-order valence-electron chi connectivity index (χ0n) is 18.3. The maximum atomic E-state index is 12.8. The van der Waals surface area contributed by atoms with E-state index in [1.54, 1.807) is 7.05 Å². The van der Waals surface area contributed by atoms with E-state index in [0.29, 0.717) is 25.6 Å². The molecule has 32 heavy (non-hydrogen) atoms. The predicted octanol–water partition coefficient (Wildman–Crippen LogP) is 0.938. The van der Waals surface area contributed by atoms with Crippen molar-refractivity contribution in [3.05, 3.63) is 42.0 Å². The summed E-state index contributed by atoms with van der Waals surface area (Å²) in [4.78, 5) is 45.7. The molecule has 4 atom stereocenters. The van der Waals surface area contributed by atoms with Gasteiger partial charge < -0.3 is 15.5 Å². The standard InChI is InChI=1S/C24H29N5O3/c1-25-24(27-14-19(30)28-11-4-6-15-5-2-3-7-18(15)28)26-10-12-29-22(31)20-16-8-9-17(13-16)21(20)23(29)32/h2-3,5,7-9,16-17,20-21H,4,6,10-14H2,1H3,(H2,25,26,27). The van der Waals surface area contributed by atoms with Gasteiger partial charge in [-0.3, -0.25) is 24.3 Å². The lowest BCUT2D eigenvalue weighted by molar-refractivity contribution is -0.140. The van der Waals surface area contributed by atoms with E-state index < -0.39 is 0 Å². The van der Waals surface area contributed by atoms with E-state index in [-0.39, 0.29) is 47.9 Å². The van der Waals surface area contributed by atoms with Gasteiger partial charge in [0.05, 0.1) is 18.4 Å². The Balaban J connectivity index is 1.11. The molecule has 1 saturated carbocycles. The number of hydrogen-bond donors (Lipinski definition) is 2. The minimum Gasteiger partial charge on any atom is -0.355 e. The van der Waals surface area contributed by atoms with Crippen molar-refractivity contribution >= 4 is 29.4 Å². The summed E-state index contributed by atoms with van der Waals surface area (Å²) in [6, 6.07) is 8.01. The number of aryl methyl sites for hydroxylation is 1. The quantitative estimate of drug-likeness (QED) is 0.311. The molecule has 4 unspecified atom stereocenters. The van der Waals surface area contributed by atoms with Crippen LogP contribution in [0, 0.1) is 23.7 Å². The van der Waals surface area contributed by atoms with E-state index in [0.717, 1.165) is 24.9 Å². The van der Waals surface area contributed by atoms with Crippen LogP contribution < -0.4 is 15.5 Å². The van der Waals surface area contributed by atoms with Gasteiger partial charge in [0.1, 0.15) is 0 Å². The van der Waals surface area contributed by atoms with Gasteiger partial charge in [-0.05, 0) is 42.7 Å². The number of guanidine groups is 1. The third kappa shape index (κ3) is 3.47. The van der Waals surface area contributed by atoms with Crippen molar-refractivity contribution in [1.29, 1.82) is 0 Å². The molecule has 3 amide bonds. The lowest BCUT2D eigenvalue weighted by Crippen LogP contribution is -2.47. The molecule has 1 saturated heterocycles. The average molecular weight is 436 g/mol. The molecule has 2 aliphatic heterocycles. The number of likely N-dealkylation sites (tertiary alicyclic amines) is 1. The molecule has 1 aromatic carbocycles. The first-order valence-corrected chi connectivity index (χ1v) is 11.4. The molecule has 2 aliphatic carbocycles. The minimum atomic E-state index is -0.167. The number of amides is 3. The third-order valence-corrected chi connectivity index (χ3v) is 7.23. The first-order chi connectivity index (χ1) is 15.6. The molecule has 2 N–H and O–H groups in total. The number of nitrogens with zero attached hydrogens (tertiary/aromatic N) is 3. The van der Waals surface area contributed by atoms with Crippen molar-refractivity contribution in [2.45, 2.75) is 19.3 Å². The molecule has 0 radical (unpaired) electrons. The molecule has 168 valence electrons. The SMILES string of the molecule is CN=C(NCCN1C(=O)C2C3C=CC(C3)C2C1=O)NCC(=O)N1CCCc2ccccc21. The first-order valence-electron chi connectivity index (χ1n) is 11.4. The normalized spacial score (nSPS) is 28.2. The molecule has 0 spiro atoms. The number of para-hydroxylation sites is 1. The lowest BCUT2D eigenvalue weighted by atomic mass is 9.85. The number of carbonyl (C=O) groups is 3. The van der Waals surface area contributed by atoms with Crippen molar-refractivity contribution < 1.29 is 14.4 Å². The molecule has 0 aromatic heterocycles. The number of allylic oxidation sites excluding steroid dienone is 2. The van der Waals surface area contributed by atoms with Crippen LogP contribution >= 0.6 is 0 Å². The van der Waals surface area contributed by atoms with Crippen LogP contribution in [0.15, 0.2) is 41.4 Å². The number of imide groups is 1. The summed E-state index contributed by atoms with van der Waals surface area (Å²) in [5.41, 5.74) is 2.18. The summed E-state index contributed by atoms with van der Waals surface area (Å²) in [6.45, 7) is 1.52. The highest BCUT2D eigenvalue weighted by molar-refractivity contribution is 6.06. The number of hydrogen-bond acceptors (Lipinski definition) is 4. The summed E-state index contributed by atoms with van der Waals surface area (Å²) in [7, 11) is 1.63. The maximum absolute atomic E-state index is 12.8. The van der Waals surface area contributed by atoms with Gasteiger partial charge >= 0.3 is 0 Å². The number of fused-ring (bicyclic) bond motifs is 6. The zero-order chi connectivity index (χ0) is 22.2. The fourth-order valence-corrected chi connectivity index (χ4v) is 5.74. The smallest absolute Gasteiger partial charge is 0.246 e. The van der Waals surface area contributed by atoms with Crippen LogP contribution in [-0.2, 0) is 20.8 Å². The monoisotopic (exact) mass is 435 g/mol. The number of aliphatic imine (C=N–C) groups is 1. The summed E-state index contributed by atoms with van der Waals surface area (Å²) in [5.74, 6) is 0.492. The molecular formula is C24H29N5O3. The Kier molecular flexibility index (Phi) is 5.45. The van der Waals surface area contributed by atoms with Crippen LogP contribution in [0.2, 0.25) is 0 Å². The second-order valence-electron chi connectivity index (χ2n) is 8.96. The fraction of sp³-hybridized carbons (Fsp3) is 0.500. The second-order valence-corrected chi connectivity index (χ2v) is 8.96. The molecule has 4 aliphatic rings. The van der Waals surface area contributed by atoms with Crippen molar-refractivity contribution in [2.24, 2.45) is 28.7 Å². The number of benzene rings is 1. The maximum Gasteiger partial charge on any atom is 0.246 e. The van der Waals surface area contributed by atoms with Crippen LogP contribution in [0.25, 0.3) is 0 Å². The number of nitrogens with one attached hydrogen (secondary N) is 2. The number of rotatable bonds is 5. The van der Waals surface area contributed by atoms with E-state index in [9.17, 15) is 14.4 Å². The van der Waals surface area contributed by atoms with Gasteiger partial charge in [0.15, 0.2) is 5.96 Å². The Hall–Kier alpha value is -3.16. The lowest BCUT2D eigenvalue weighted by Gasteiger charge is -2.29. The molecule has 8 heteroatoms. The van der Waals surface area contributed by atoms with Crippen molar-refractivity contribution in [1.82, 2.24) is 15.5 Å². The topological polar surface area (TPSA) is 94.1 Å². The van der Waals surface area contributed by atoms with E-state index in [1.807, 2.05) is 23.1 Å². The third-order valence-electron chi connectivity index (χ3n) is 7.23. The van der Waals surface area contributed by atoms with Gasteiger partial charge in [0.2, 0.25) is 17.7 Å². The first kappa shape index (κ1) is 20.7. The Labute approximate surface area is 187 Å². The second kappa shape index (κ2) is 8.41. The van der Waals surface area contributed by atoms with Crippen LogP contribution in [0.3, 0.4) is 0 Å². The van der Waals surface area contributed by atoms with E-state index in [1.165, 1.54) is 10.5 Å². The van der Waals surface area contributed by atoms with Crippen molar-refractivity contribution in [3.63, 3.8) is 0 Å². The van der Waals surface area contributed by atoms with Gasteiger partial charge in [0.25, 0.3) is 0 Å². The average Bonchev–Trinajstić information content (AvgIpc) is 3.50. The molecular weight excluding hydrogens is 406 g/mol. The Bertz CT molecular complexity index is 973. The molecule has 8 nitrogen and oxygen atoms in total. The Morgan fingerprint density at radius 1 is 1.09 bits per heavy atom. The molecule has 5 rings (SSSR count). The largest absolute Gasteiger partial charge is 0.355 e. The van der Waals surface area contributed by atoms with Crippen molar-refractivity contribution in [3.8, 4) is 0 Å². The van der Waals surface area contributed by atoms with Crippen LogP contribution in [-0.4, -0.2) is 61.8 Å². The molecule has 2 bridgehead atoms. The minimum absolute atomic E-state index is 0.0131. The summed E-state index contributed by atoms with van der Waals surface area (Å²) < 4.78 is 0. The van der Waals surface area contributed by atoms with Crippen LogP contribution in [0.1, 0.15) is 18.4 Å². The highest BCUT2D eigenvalue weighted by Gasteiger charge is 2.58. The van der Waals surface area contributed by atoms with Crippen molar-refractivity contribution in [2.75, 3.05) is 38.1 Å². The molecule has 1 aromatic rings. The summed E-state index contributed by atoms with van der Waals surface area (Å²) in [6.07, 6.45) is 7.08. The molecule has 2 heterocycles. The predicted molar refractivity (Wildman–Crippen MR) is 121 cm³/mol.